The van der Waals surface area contributed by atoms with Crippen LogP contribution in [0.1, 0.15) is 0 Å². The molecule has 0 saturated carbocycles. The Morgan fingerprint density at radius 1 is 1.07 bits per heavy atom. The molecule has 9 heteroatoms. The summed E-state index contributed by atoms with van der Waals surface area (Å²) >= 11 is 1.45. The second kappa shape index (κ2) is 6.29. The van der Waals surface area contributed by atoms with E-state index in [1.165, 1.54) is 11.3 Å². The van der Waals surface area contributed by atoms with Crippen molar-refractivity contribution in [2.75, 3.05) is 7.11 Å². The summed E-state index contributed by atoms with van der Waals surface area (Å²) in [5.74, 6) is 1.47. The van der Waals surface area contributed by atoms with Crippen LogP contribution in [0.15, 0.2) is 54.9 Å². The summed E-state index contributed by atoms with van der Waals surface area (Å²) < 4.78 is 6.92. The van der Waals surface area contributed by atoms with Gasteiger partial charge in [0.05, 0.1) is 18.5 Å². The molecule has 0 aliphatic carbocycles. The number of methoxy groups -OCH3 is 1. The molecule has 0 amide bonds. The van der Waals surface area contributed by atoms with E-state index in [-0.39, 0.29) is 0 Å². The molecule has 27 heavy (non-hydrogen) atoms. The number of hydrogen-bond acceptors (Lipinski definition) is 7. The lowest BCUT2D eigenvalue weighted by Gasteiger charge is -1.99. The lowest BCUT2D eigenvalue weighted by Crippen LogP contribution is -1.91. The Morgan fingerprint density at radius 2 is 1.96 bits per heavy atom. The Bertz CT molecular complexity index is 1210. The van der Waals surface area contributed by atoms with Crippen molar-refractivity contribution in [1.29, 1.82) is 0 Å². The van der Waals surface area contributed by atoms with E-state index < -0.39 is 0 Å². The predicted molar refractivity (Wildman–Crippen MR) is 101 cm³/mol. The van der Waals surface area contributed by atoms with Crippen LogP contribution in [0.2, 0.25) is 0 Å². The van der Waals surface area contributed by atoms with Crippen molar-refractivity contribution in [3.63, 3.8) is 0 Å². The molecule has 0 aliphatic heterocycles. The maximum absolute atomic E-state index is 5.20. The third-order valence-corrected chi connectivity index (χ3v) is 5.04. The summed E-state index contributed by atoms with van der Waals surface area (Å²) in [6.07, 6.45) is 3.47. The maximum atomic E-state index is 5.20. The fourth-order valence-electron chi connectivity index (χ4n) is 2.74. The van der Waals surface area contributed by atoms with Crippen LogP contribution in [0, 0.1) is 0 Å². The van der Waals surface area contributed by atoms with Crippen LogP contribution in [-0.4, -0.2) is 42.1 Å². The highest BCUT2D eigenvalue weighted by Crippen LogP contribution is 2.29. The number of benzene rings is 1. The standard InChI is InChI=1S/C18H13N7OS/c1-26-13-6-4-11(5-7-13)14-9-15(21-20-14)17-24-25-16(22-23-18(25)27-17)12-3-2-8-19-10-12/h2-10H,1H3,(H,20,21). The third-order valence-electron chi connectivity index (χ3n) is 4.10. The first-order valence-electron chi connectivity index (χ1n) is 8.15. The Hall–Kier alpha value is -3.59. The molecule has 0 aliphatic rings. The van der Waals surface area contributed by atoms with Crippen molar-refractivity contribution >= 4 is 16.3 Å². The van der Waals surface area contributed by atoms with Gasteiger partial charge in [0, 0.05) is 23.5 Å². The highest BCUT2D eigenvalue weighted by Gasteiger charge is 2.16. The Morgan fingerprint density at radius 3 is 2.74 bits per heavy atom. The molecule has 5 rings (SSSR count). The van der Waals surface area contributed by atoms with Gasteiger partial charge in [-0.1, -0.05) is 11.3 Å². The first kappa shape index (κ1) is 15.6. The minimum atomic E-state index is 0.662. The summed E-state index contributed by atoms with van der Waals surface area (Å²) in [7, 11) is 1.65. The van der Waals surface area contributed by atoms with E-state index in [4.69, 9.17) is 4.74 Å². The number of hydrogen-bond donors (Lipinski definition) is 1. The number of aromatic amines is 1. The van der Waals surface area contributed by atoms with Crippen molar-refractivity contribution in [3.05, 3.63) is 54.9 Å². The number of rotatable bonds is 4. The molecule has 0 saturated heterocycles. The first-order chi connectivity index (χ1) is 13.3. The topological polar surface area (TPSA) is 93.9 Å². The average Bonchev–Trinajstić information content (AvgIpc) is 3.44. The maximum Gasteiger partial charge on any atom is 0.235 e. The SMILES string of the molecule is COc1ccc(-c2cc(-c3nn4c(-c5cccnc5)nnc4s3)[nH]n2)cc1. The van der Waals surface area contributed by atoms with E-state index in [1.54, 1.807) is 24.0 Å². The lowest BCUT2D eigenvalue weighted by molar-refractivity contribution is 0.415. The second-order valence-electron chi connectivity index (χ2n) is 5.76. The minimum absolute atomic E-state index is 0.662. The molecule has 5 aromatic rings. The van der Waals surface area contributed by atoms with Crippen LogP contribution in [0.5, 0.6) is 5.75 Å². The summed E-state index contributed by atoms with van der Waals surface area (Å²) in [6.45, 7) is 0. The van der Waals surface area contributed by atoms with Gasteiger partial charge in [0.1, 0.15) is 5.75 Å². The summed E-state index contributed by atoms with van der Waals surface area (Å²) in [5.41, 5.74) is 3.53. The molecule has 4 heterocycles. The molecule has 0 atom stereocenters. The largest absolute Gasteiger partial charge is 0.497 e. The monoisotopic (exact) mass is 375 g/mol. The molecule has 0 unspecified atom stereocenters. The minimum Gasteiger partial charge on any atom is -0.497 e. The van der Waals surface area contributed by atoms with Gasteiger partial charge in [-0.25, -0.2) is 0 Å². The van der Waals surface area contributed by atoms with Crippen LogP contribution >= 0.6 is 11.3 Å². The highest BCUT2D eigenvalue weighted by atomic mass is 32.1. The van der Waals surface area contributed by atoms with Gasteiger partial charge in [0.2, 0.25) is 4.96 Å². The fraction of sp³-hybridized carbons (Fsp3) is 0.0556. The molecule has 8 nitrogen and oxygen atoms in total. The van der Waals surface area contributed by atoms with Crippen LogP contribution in [0.4, 0.5) is 0 Å². The summed E-state index contributed by atoms with van der Waals surface area (Å²) in [4.78, 5) is 4.84. The van der Waals surface area contributed by atoms with Gasteiger partial charge in [-0.2, -0.15) is 14.7 Å². The summed E-state index contributed by atoms with van der Waals surface area (Å²) in [5, 5.41) is 21.3. The zero-order valence-electron chi connectivity index (χ0n) is 14.2. The predicted octanol–water partition coefficient (Wildman–Crippen LogP) is 3.31. The van der Waals surface area contributed by atoms with E-state index in [2.05, 4.69) is 30.5 Å². The van der Waals surface area contributed by atoms with Gasteiger partial charge in [-0.3, -0.25) is 10.1 Å². The lowest BCUT2D eigenvalue weighted by atomic mass is 10.1. The highest BCUT2D eigenvalue weighted by molar-refractivity contribution is 7.19. The number of nitrogens with zero attached hydrogens (tertiary/aromatic N) is 6. The average molecular weight is 375 g/mol. The zero-order chi connectivity index (χ0) is 18.2. The Labute approximate surface area is 157 Å². The molecule has 0 bridgehead atoms. The van der Waals surface area contributed by atoms with Gasteiger partial charge < -0.3 is 4.74 Å². The van der Waals surface area contributed by atoms with Crippen molar-refractivity contribution in [2.45, 2.75) is 0 Å². The Balaban J connectivity index is 1.51. The number of aromatic nitrogens is 7. The molecule has 0 radical (unpaired) electrons. The molecular formula is C18H13N7OS. The molecule has 1 N–H and O–H groups in total. The molecule has 1 aromatic carbocycles. The molecular weight excluding hydrogens is 362 g/mol. The van der Waals surface area contributed by atoms with Crippen molar-refractivity contribution in [1.82, 2.24) is 35.0 Å². The molecule has 132 valence electrons. The zero-order valence-corrected chi connectivity index (χ0v) is 15.0. The smallest absolute Gasteiger partial charge is 0.235 e. The number of ether oxygens (including phenoxy) is 1. The van der Waals surface area contributed by atoms with E-state index in [9.17, 15) is 0 Å². The van der Waals surface area contributed by atoms with Gasteiger partial charge in [0.25, 0.3) is 0 Å². The Kier molecular flexibility index (Phi) is 3.65. The molecule has 0 fully saturated rings. The van der Waals surface area contributed by atoms with E-state index in [0.29, 0.717) is 10.8 Å². The summed E-state index contributed by atoms with van der Waals surface area (Å²) in [6, 6.07) is 13.5. The number of pyridine rings is 1. The van der Waals surface area contributed by atoms with Crippen LogP contribution in [0.3, 0.4) is 0 Å². The van der Waals surface area contributed by atoms with Gasteiger partial charge in [-0.05, 0) is 42.5 Å². The quantitative estimate of drug-likeness (QED) is 0.518. The first-order valence-corrected chi connectivity index (χ1v) is 8.96. The van der Waals surface area contributed by atoms with Crippen molar-refractivity contribution in [3.8, 4) is 39.1 Å². The van der Waals surface area contributed by atoms with Gasteiger partial charge in [-0.15, -0.1) is 10.2 Å². The number of nitrogens with one attached hydrogen (secondary N) is 1. The van der Waals surface area contributed by atoms with Crippen molar-refractivity contribution < 1.29 is 4.74 Å². The third kappa shape index (κ3) is 2.74. The molecule has 0 spiro atoms. The normalized spacial score (nSPS) is 11.1. The van der Waals surface area contributed by atoms with Gasteiger partial charge in [0.15, 0.2) is 10.8 Å². The second-order valence-corrected chi connectivity index (χ2v) is 6.72. The van der Waals surface area contributed by atoms with E-state index >= 15 is 0 Å². The number of H-pyrrole nitrogens is 1. The van der Waals surface area contributed by atoms with Crippen LogP contribution in [-0.2, 0) is 0 Å². The fourth-order valence-corrected chi connectivity index (χ4v) is 3.55. The van der Waals surface area contributed by atoms with E-state index in [1.807, 2.05) is 42.5 Å². The van der Waals surface area contributed by atoms with Crippen molar-refractivity contribution in [2.24, 2.45) is 0 Å². The van der Waals surface area contributed by atoms with Crippen LogP contribution in [0.25, 0.3) is 38.3 Å². The van der Waals surface area contributed by atoms with E-state index in [0.717, 1.165) is 33.3 Å². The number of fused-ring (bicyclic) bond motifs is 1. The van der Waals surface area contributed by atoms with Crippen LogP contribution < -0.4 is 4.74 Å². The van der Waals surface area contributed by atoms with Gasteiger partial charge >= 0.3 is 0 Å². The molecule has 4 aromatic heterocycles.